The topological polar surface area (TPSA) is 61.8 Å². The van der Waals surface area contributed by atoms with Gasteiger partial charge in [-0.15, -0.1) is 0 Å². The molecule has 1 unspecified atom stereocenters. The summed E-state index contributed by atoms with van der Waals surface area (Å²) in [4.78, 5) is 23.9. The summed E-state index contributed by atoms with van der Waals surface area (Å²) in [6.45, 7) is 3.93. The van der Waals surface area contributed by atoms with E-state index in [9.17, 15) is 9.59 Å². The van der Waals surface area contributed by atoms with Crippen LogP contribution in [0.5, 0.6) is 0 Å². The van der Waals surface area contributed by atoms with Crippen LogP contribution in [0.25, 0.3) is 0 Å². The third-order valence-electron chi connectivity index (χ3n) is 3.74. The molecule has 6 heteroatoms. The maximum atomic E-state index is 12.0. The fourth-order valence-electron chi connectivity index (χ4n) is 2.06. The number of rotatable bonds is 8. The van der Waals surface area contributed by atoms with Gasteiger partial charge in [0, 0.05) is 0 Å². The molecule has 0 amide bonds. The molecular weight excluding hydrogens is 363 g/mol. The Hall–Kier alpha value is -1.36. The van der Waals surface area contributed by atoms with Gasteiger partial charge in [-0.25, -0.2) is 0 Å². The van der Waals surface area contributed by atoms with Gasteiger partial charge in [0.25, 0.3) is 0 Å². The predicted molar refractivity (Wildman–Crippen MR) is 88.8 cm³/mol. The molecule has 1 aromatic carbocycles. The third kappa shape index (κ3) is 5.65. The van der Waals surface area contributed by atoms with Gasteiger partial charge in [-0.3, -0.25) is 0 Å². The van der Waals surface area contributed by atoms with Crippen LogP contribution in [0.15, 0.2) is 30.3 Å². The molecule has 0 N–H and O–H groups in total. The van der Waals surface area contributed by atoms with Crippen molar-refractivity contribution in [2.24, 2.45) is 5.92 Å². The Labute approximate surface area is 143 Å². The summed E-state index contributed by atoms with van der Waals surface area (Å²) in [5.74, 6) is -2.08. The molecule has 0 bridgehead atoms. The number of esters is 2. The van der Waals surface area contributed by atoms with Crippen molar-refractivity contribution in [2.75, 3.05) is 21.3 Å². The second-order valence-corrected chi connectivity index (χ2v) is 8.24. The van der Waals surface area contributed by atoms with Gasteiger partial charge >= 0.3 is 143 Å². The molecular formula is C17H24O5Se. The van der Waals surface area contributed by atoms with Gasteiger partial charge < -0.3 is 0 Å². The Balaban J connectivity index is 3.03. The summed E-state index contributed by atoms with van der Waals surface area (Å²) in [5.41, 5.74) is -0.476. The van der Waals surface area contributed by atoms with E-state index in [0.29, 0.717) is 6.42 Å². The minimum atomic E-state index is -0.935. The van der Waals surface area contributed by atoms with E-state index in [1.165, 1.54) is 18.7 Å². The number of ether oxygens (including phenoxy) is 3. The molecule has 0 fully saturated rings. The van der Waals surface area contributed by atoms with Crippen LogP contribution in [0.4, 0.5) is 0 Å². The van der Waals surface area contributed by atoms with Crippen LogP contribution in [0.2, 0.25) is 4.82 Å². The molecule has 0 spiro atoms. The summed E-state index contributed by atoms with van der Waals surface area (Å²) < 4.78 is 16.3. The van der Waals surface area contributed by atoms with Crippen molar-refractivity contribution in [2.45, 2.75) is 30.7 Å². The Morgan fingerprint density at radius 3 is 2.00 bits per heavy atom. The van der Waals surface area contributed by atoms with Crippen LogP contribution < -0.4 is 4.46 Å². The van der Waals surface area contributed by atoms with Gasteiger partial charge in [0.1, 0.15) is 0 Å². The fraction of sp³-hybridized carbons (Fsp3) is 0.529. The van der Waals surface area contributed by atoms with Crippen LogP contribution in [0.3, 0.4) is 0 Å². The molecule has 0 saturated heterocycles. The van der Waals surface area contributed by atoms with E-state index in [0.717, 1.165) is 0 Å². The second kappa shape index (κ2) is 9.06. The van der Waals surface area contributed by atoms with Crippen LogP contribution in [-0.4, -0.2) is 53.8 Å². The molecule has 128 valence electrons. The number of hydrogen-bond acceptors (Lipinski definition) is 5. The number of carbonyl (C=O) groups is 2. The first-order chi connectivity index (χ1) is 10.9. The zero-order valence-corrected chi connectivity index (χ0v) is 15.9. The van der Waals surface area contributed by atoms with Crippen molar-refractivity contribution in [1.82, 2.24) is 0 Å². The Bertz CT molecular complexity index is 499. The van der Waals surface area contributed by atoms with E-state index in [1.54, 1.807) is 7.11 Å². The standard InChI is InChI=1S/C17H24O5Se/c1-17(2,22-5)14(23-12-9-7-6-8-10-12)11-13(15(18)20-3)16(19)21-4/h6-10,13-14H,11H2,1-5H3. The van der Waals surface area contributed by atoms with Gasteiger partial charge in [0.15, 0.2) is 0 Å². The summed E-state index contributed by atoms with van der Waals surface area (Å²) in [6, 6.07) is 10.0. The van der Waals surface area contributed by atoms with E-state index in [-0.39, 0.29) is 19.8 Å². The SMILES string of the molecule is COC(=O)C(CC([Se]c1ccccc1)C(C)(C)OC)C(=O)OC. The van der Waals surface area contributed by atoms with Gasteiger partial charge in [0.05, 0.1) is 0 Å². The summed E-state index contributed by atoms with van der Waals surface area (Å²) in [6.07, 6.45) is 0.328. The third-order valence-corrected chi connectivity index (χ3v) is 7.08. The van der Waals surface area contributed by atoms with E-state index >= 15 is 0 Å². The van der Waals surface area contributed by atoms with Crippen LogP contribution in [-0.2, 0) is 23.8 Å². The summed E-state index contributed by atoms with van der Waals surface area (Å²) >= 11 is 0.0288. The normalized spacial score (nSPS) is 12.8. The zero-order valence-electron chi connectivity index (χ0n) is 14.2. The number of hydrogen-bond donors (Lipinski definition) is 0. The van der Waals surface area contributed by atoms with Crippen molar-refractivity contribution in [3.8, 4) is 0 Å². The van der Waals surface area contributed by atoms with Gasteiger partial charge in [-0.05, 0) is 0 Å². The van der Waals surface area contributed by atoms with Crippen molar-refractivity contribution in [3.63, 3.8) is 0 Å². The predicted octanol–water partition coefficient (Wildman–Crippen LogP) is 1.58. The number of methoxy groups -OCH3 is 3. The van der Waals surface area contributed by atoms with Crippen LogP contribution in [0, 0.1) is 5.92 Å². The summed E-state index contributed by atoms with van der Waals surface area (Å²) in [7, 11) is 4.19. The maximum absolute atomic E-state index is 12.0. The molecule has 0 radical (unpaired) electrons. The Morgan fingerprint density at radius 1 is 1.04 bits per heavy atom. The van der Waals surface area contributed by atoms with Gasteiger partial charge in [0.2, 0.25) is 0 Å². The monoisotopic (exact) mass is 388 g/mol. The molecule has 1 aromatic rings. The molecule has 0 aliphatic rings. The first-order valence-corrected chi connectivity index (χ1v) is 9.12. The fourth-order valence-corrected chi connectivity index (χ4v) is 4.81. The first kappa shape index (κ1) is 19.7. The average molecular weight is 387 g/mol. The molecule has 0 saturated carbocycles. The average Bonchev–Trinajstić information content (AvgIpc) is 2.57. The molecule has 0 aliphatic heterocycles. The van der Waals surface area contributed by atoms with Gasteiger partial charge in [-0.2, -0.15) is 0 Å². The molecule has 0 aromatic heterocycles. The summed E-state index contributed by atoms with van der Waals surface area (Å²) in [5, 5.41) is 0. The van der Waals surface area contributed by atoms with E-state index in [4.69, 9.17) is 14.2 Å². The van der Waals surface area contributed by atoms with Crippen LogP contribution in [0.1, 0.15) is 20.3 Å². The van der Waals surface area contributed by atoms with Crippen molar-refractivity contribution < 1.29 is 23.8 Å². The molecule has 0 heterocycles. The van der Waals surface area contributed by atoms with E-state index < -0.39 is 23.5 Å². The van der Waals surface area contributed by atoms with E-state index in [2.05, 4.69) is 0 Å². The number of benzene rings is 1. The van der Waals surface area contributed by atoms with Crippen LogP contribution >= 0.6 is 0 Å². The molecule has 1 rings (SSSR count). The molecule has 23 heavy (non-hydrogen) atoms. The molecule has 1 atom stereocenters. The van der Waals surface area contributed by atoms with Crippen molar-refractivity contribution in [1.29, 1.82) is 0 Å². The van der Waals surface area contributed by atoms with Crippen molar-refractivity contribution >= 4 is 31.4 Å². The number of carbonyl (C=O) groups excluding carboxylic acids is 2. The molecule has 0 aliphatic carbocycles. The van der Waals surface area contributed by atoms with E-state index in [1.807, 2.05) is 44.2 Å². The Kier molecular flexibility index (Phi) is 7.76. The van der Waals surface area contributed by atoms with Crippen molar-refractivity contribution in [3.05, 3.63) is 30.3 Å². The quantitative estimate of drug-likeness (QED) is 0.385. The minimum absolute atomic E-state index is 0.00519. The molecule has 5 nitrogen and oxygen atoms in total. The zero-order chi connectivity index (χ0) is 17.5. The second-order valence-electron chi connectivity index (χ2n) is 5.56. The first-order valence-electron chi connectivity index (χ1n) is 7.28. The van der Waals surface area contributed by atoms with Gasteiger partial charge in [-0.1, -0.05) is 0 Å². The Morgan fingerprint density at radius 2 is 1.57 bits per heavy atom.